The number of hydrogen-bond acceptors (Lipinski definition) is 8. The Morgan fingerprint density at radius 2 is 0.935 bits per heavy atom. The smallest absolute Gasteiger partial charge is 0.472 e. The molecule has 0 aliphatic rings. The van der Waals surface area contributed by atoms with Crippen molar-refractivity contribution in [1.29, 1.82) is 0 Å². The van der Waals surface area contributed by atoms with Crippen LogP contribution in [0.5, 0.6) is 0 Å². The molecule has 360 valence electrons. The maximum atomic E-state index is 12.7. The van der Waals surface area contributed by atoms with Crippen molar-refractivity contribution in [1.82, 2.24) is 0 Å². The molecule has 11 heteroatoms. The van der Waals surface area contributed by atoms with Gasteiger partial charge in [0.05, 0.1) is 19.8 Å². The molecule has 0 aromatic carbocycles. The third kappa shape index (κ3) is 45.7. The molecule has 3 unspecified atom stereocenters. The number of carboxylic acids is 1. The normalized spacial score (nSPS) is 14.3. The molecule has 3 atom stereocenters. The molecular formula is C51H92NO9P. The molecule has 0 aromatic rings. The molecule has 0 rings (SSSR count). The Labute approximate surface area is 379 Å². The van der Waals surface area contributed by atoms with E-state index in [1.54, 1.807) is 0 Å². The zero-order chi connectivity index (χ0) is 45.5. The Hall–Kier alpha value is -2.33. The van der Waals surface area contributed by atoms with Crippen LogP contribution in [-0.2, 0) is 32.7 Å². The van der Waals surface area contributed by atoms with Gasteiger partial charge in [-0.05, 0) is 57.8 Å². The van der Waals surface area contributed by atoms with Gasteiger partial charge in [-0.2, -0.15) is 0 Å². The van der Waals surface area contributed by atoms with Crippen molar-refractivity contribution in [2.24, 2.45) is 5.73 Å². The van der Waals surface area contributed by atoms with Crippen LogP contribution in [0.2, 0.25) is 0 Å². The maximum absolute atomic E-state index is 12.7. The number of carbonyl (C=O) groups is 2. The first-order valence-corrected chi connectivity index (χ1v) is 26.3. The van der Waals surface area contributed by atoms with Crippen molar-refractivity contribution in [3.8, 4) is 0 Å². The summed E-state index contributed by atoms with van der Waals surface area (Å²) >= 11 is 0. The number of carbonyl (C=O) groups excluding carboxylic acids is 1. The van der Waals surface area contributed by atoms with E-state index in [0.29, 0.717) is 13.0 Å². The summed E-state index contributed by atoms with van der Waals surface area (Å²) in [5.41, 5.74) is 5.37. The Balaban J connectivity index is 4.20. The molecule has 0 aliphatic carbocycles. The second kappa shape index (κ2) is 46.7. The highest BCUT2D eigenvalue weighted by Gasteiger charge is 2.27. The van der Waals surface area contributed by atoms with Gasteiger partial charge in [0, 0.05) is 13.0 Å². The van der Waals surface area contributed by atoms with Crippen LogP contribution in [0.4, 0.5) is 0 Å². The second-order valence-corrected chi connectivity index (χ2v) is 18.0. The van der Waals surface area contributed by atoms with Gasteiger partial charge >= 0.3 is 19.8 Å². The fraction of sp³-hybridized carbons (Fsp3) is 0.765. The van der Waals surface area contributed by atoms with Gasteiger partial charge in [-0.15, -0.1) is 0 Å². The van der Waals surface area contributed by atoms with E-state index in [1.165, 1.54) is 116 Å². The van der Waals surface area contributed by atoms with Gasteiger partial charge in [0.15, 0.2) is 0 Å². The molecule has 0 aromatic heterocycles. The summed E-state index contributed by atoms with van der Waals surface area (Å²) in [6, 6.07) is -1.48. The number of carboxylic acid groups (broad SMARTS) is 1. The van der Waals surface area contributed by atoms with Crippen molar-refractivity contribution in [2.45, 2.75) is 225 Å². The van der Waals surface area contributed by atoms with Gasteiger partial charge in [-0.1, -0.05) is 209 Å². The quantitative estimate of drug-likeness (QED) is 0.0233. The summed E-state index contributed by atoms with van der Waals surface area (Å²) in [5.74, 6) is -1.79. The summed E-state index contributed by atoms with van der Waals surface area (Å²) in [7, 11) is -4.63. The summed E-state index contributed by atoms with van der Waals surface area (Å²) in [5, 5.41) is 8.92. The lowest BCUT2D eigenvalue weighted by molar-refractivity contribution is -0.154. The predicted molar refractivity (Wildman–Crippen MR) is 258 cm³/mol. The number of unbranched alkanes of at least 4 members (excludes halogenated alkanes) is 23. The van der Waals surface area contributed by atoms with Crippen LogP contribution in [0.3, 0.4) is 0 Å². The molecular weight excluding hydrogens is 802 g/mol. The summed E-state index contributed by atoms with van der Waals surface area (Å²) in [6.07, 6.45) is 57.2. The standard InChI is InChI=1S/C51H92NO9P/c1-3-5-7-9-11-13-15-17-19-21-23-24-25-26-27-29-31-33-35-37-39-41-43-50(53)61-48(46-59-62(56,57)60-47-49(52)51(54)55)45-58-44-42-40-38-36-34-32-30-28-22-20-18-16-14-12-10-8-6-4-2/h6,8,12,14,18,20,28,30,34,36,48-49H,3-5,7,9-11,13,15-17,19,21-27,29,31-33,35,37-47,52H2,1-2H3,(H,54,55)(H,56,57)/b8-6-,14-12-,20-18-,30-28-,36-34-. The van der Waals surface area contributed by atoms with E-state index in [0.717, 1.165) is 70.6 Å². The first kappa shape index (κ1) is 59.7. The monoisotopic (exact) mass is 894 g/mol. The fourth-order valence-electron chi connectivity index (χ4n) is 6.75. The van der Waals surface area contributed by atoms with Gasteiger partial charge in [0.25, 0.3) is 0 Å². The molecule has 0 saturated carbocycles. The van der Waals surface area contributed by atoms with Crippen LogP contribution >= 0.6 is 7.82 Å². The van der Waals surface area contributed by atoms with Gasteiger partial charge in [0.2, 0.25) is 0 Å². The zero-order valence-electron chi connectivity index (χ0n) is 39.5. The van der Waals surface area contributed by atoms with E-state index >= 15 is 0 Å². The Bertz CT molecular complexity index is 1220. The average Bonchev–Trinajstić information content (AvgIpc) is 3.25. The fourth-order valence-corrected chi connectivity index (χ4v) is 7.53. The number of phosphoric acid groups is 1. The molecule has 0 aliphatic heterocycles. The zero-order valence-corrected chi connectivity index (χ0v) is 40.3. The third-order valence-electron chi connectivity index (χ3n) is 10.6. The minimum atomic E-state index is -4.63. The van der Waals surface area contributed by atoms with Gasteiger partial charge < -0.3 is 25.2 Å². The summed E-state index contributed by atoms with van der Waals surface area (Å²) in [4.78, 5) is 33.7. The highest BCUT2D eigenvalue weighted by atomic mass is 31.2. The van der Waals surface area contributed by atoms with E-state index < -0.39 is 45.1 Å². The molecule has 4 N–H and O–H groups in total. The van der Waals surface area contributed by atoms with Crippen LogP contribution in [-0.4, -0.2) is 60.5 Å². The molecule has 0 fully saturated rings. The van der Waals surface area contributed by atoms with Crippen molar-refractivity contribution >= 4 is 19.8 Å². The average molecular weight is 894 g/mol. The second-order valence-electron chi connectivity index (χ2n) is 16.6. The van der Waals surface area contributed by atoms with Crippen LogP contribution in [0.25, 0.3) is 0 Å². The Morgan fingerprint density at radius 1 is 0.532 bits per heavy atom. The first-order chi connectivity index (χ1) is 30.2. The molecule has 0 heterocycles. The summed E-state index contributed by atoms with van der Waals surface area (Å²) < 4.78 is 33.4. The predicted octanol–water partition coefficient (Wildman–Crippen LogP) is 14.4. The highest BCUT2D eigenvalue weighted by Crippen LogP contribution is 2.43. The number of allylic oxidation sites excluding steroid dienone is 10. The van der Waals surface area contributed by atoms with Gasteiger partial charge in [0.1, 0.15) is 12.1 Å². The molecule has 0 radical (unpaired) electrons. The van der Waals surface area contributed by atoms with Crippen molar-refractivity contribution < 1.29 is 42.7 Å². The van der Waals surface area contributed by atoms with Crippen molar-refractivity contribution in [2.75, 3.05) is 26.4 Å². The van der Waals surface area contributed by atoms with E-state index in [1.807, 2.05) is 0 Å². The molecule has 0 spiro atoms. The highest BCUT2D eigenvalue weighted by molar-refractivity contribution is 7.47. The number of ether oxygens (including phenoxy) is 2. The largest absolute Gasteiger partial charge is 0.480 e. The number of aliphatic carboxylic acids is 1. The molecule has 10 nitrogen and oxygen atoms in total. The van der Waals surface area contributed by atoms with Crippen molar-refractivity contribution in [3.63, 3.8) is 0 Å². The van der Waals surface area contributed by atoms with Crippen LogP contribution in [0, 0.1) is 0 Å². The molecule has 0 bridgehead atoms. The first-order valence-electron chi connectivity index (χ1n) is 24.8. The lowest BCUT2D eigenvalue weighted by Crippen LogP contribution is -2.34. The number of phosphoric ester groups is 1. The van der Waals surface area contributed by atoms with Crippen LogP contribution in [0.15, 0.2) is 60.8 Å². The Morgan fingerprint density at radius 3 is 1.37 bits per heavy atom. The topological polar surface area (TPSA) is 155 Å². The van der Waals surface area contributed by atoms with Crippen molar-refractivity contribution in [3.05, 3.63) is 60.8 Å². The van der Waals surface area contributed by atoms with Crippen LogP contribution in [0.1, 0.15) is 213 Å². The maximum Gasteiger partial charge on any atom is 0.472 e. The Kier molecular flexibility index (Phi) is 44.9. The van der Waals surface area contributed by atoms with E-state index in [-0.39, 0.29) is 13.0 Å². The van der Waals surface area contributed by atoms with E-state index in [4.69, 9.17) is 29.4 Å². The lowest BCUT2D eigenvalue weighted by Gasteiger charge is -2.20. The summed E-state index contributed by atoms with van der Waals surface area (Å²) in [6.45, 7) is 3.68. The molecule has 0 saturated heterocycles. The third-order valence-corrected chi connectivity index (χ3v) is 11.5. The molecule has 62 heavy (non-hydrogen) atoms. The van der Waals surface area contributed by atoms with Crippen LogP contribution < -0.4 is 5.73 Å². The number of esters is 1. The number of hydrogen-bond donors (Lipinski definition) is 3. The van der Waals surface area contributed by atoms with Gasteiger partial charge in [-0.3, -0.25) is 18.6 Å². The SMILES string of the molecule is CC/C=C\C/C=C\C/C=C\C/C=C\C/C=C\CCCCOCC(COP(=O)(O)OCC(N)C(=O)O)OC(=O)CCCCCCCCCCCCCCCCCCCCCCCC. The number of rotatable bonds is 47. The minimum Gasteiger partial charge on any atom is -0.480 e. The number of nitrogens with two attached hydrogens (primary N) is 1. The minimum absolute atomic E-state index is 0.0125. The van der Waals surface area contributed by atoms with E-state index in [9.17, 15) is 19.0 Å². The van der Waals surface area contributed by atoms with E-state index in [2.05, 4.69) is 74.6 Å². The molecule has 0 amide bonds. The lowest BCUT2D eigenvalue weighted by atomic mass is 10.0. The van der Waals surface area contributed by atoms with Gasteiger partial charge in [-0.25, -0.2) is 4.57 Å².